The molecule has 0 saturated carbocycles. The Balaban J connectivity index is 1.96. The summed E-state index contributed by atoms with van der Waals surface area (Å²) in [6.07, 6.45) is 1.72. The van der Waals surface area contributed by atoms with E-state index in [1.807, 2.05) is 32.3 Å². The second-order valence-corrected chi connectivity index (χ2v) is 8.88. The fourth-order valence-electron chi connectivity index (χ4n) is 3.80. The molecule has 180 valence electrons. The van der Waals surface area contributed by atoms with Crippen LogP contribution in [0.3, 0.4) is 0 Å². The fourth-order valence-corrected chi connectivity index (χ4v) is 3.80. The summed E-state index contributed by atoms with van der Waals surface area (Å²) in [5.41, 5.74) is 5.57. The summed E-state index contributed by atoms with van der Waals surface area (Å²) in [7, 11) is 4.08. The Kier molecular flexibility index (Phi) is 9.11. The molecule has 3 aromatic carbocycles. The Hall–Kier alpha value is -3.31. The minimum Gasteiger partial charge on any atom is -0.492 e. The maximum Gasteiger partial charge on any atom is 0.341 e. The molecule has 0 aliphatic rings. The van der Waals surface area contributed by atoms with E-state index in [1.165, 1.54) is 5.56 Å². The van der Waals surface area contributed by atoms with Gasteiger partial charge in [0.25, 0.3) is 0 Å². The highest BCUT2D eigenvalue weighted by molar-refractivity contribution is 5.70. The maximum atomic E-state index is 11.0. The normalized spacial score (nSPS) is 11.9. The summed E-state index contributed by atoms with van der Waals surface area (Å²) in [5, 5.41) is 9.02. The van der Waals surface area contributed by atoms with Gasteiger partial charge < -0.3 is 19.5 Å². The van der Waals surface area contributed by atoms with E-state index >= 15 is 0 Å². The van der Waals surface area contributed by atoms with Crippen LogP contribution in [0.5, 0.6) is 11.5 Å². The first kappa shape index (κ1) is 25.3. The van der Waals surface area contributed by atoms with Crippen molar-refractivity contribution in [1.82, 2.24) is 4.90 Å². The Morgan fingerprint density at radius 2 is 1.62 bits per heavy atom. The lowest BCUT2D eigenvalue weighted by Gasteiger charge is -2.18. The van der Waals surface area contributed by atoms with E-state index in [4.69, 9.17) is 14.6 Å². The van der Waals surface area contributed by atoms with Gasteiger partial charge in [-0.05, 0) is 78.5 Å². The van der Waals surface area contributed by atoms with Crippen LogP contribution in [0, 0.1) is 0 Å². The molecule has 0 bridgehead atoms. The number of carboxylic acid groups (broad SMARTS) is 1. The van der Waals surface area contributed by atoms with Gasteiger partial charge in [0.2, 0.25) is 0 Å². The van der Waals surface area contributed by atoms with E-state index in [1.54, 1.807) is 0 Å². The molecular weight excluding hydrogens is 426 g/mol. The predicted octanol–water partition coefficient (Wildman–Crippen LogP) is 5.86. The van der Waals surface area contributed by atoms with Crippen LogP contribution in [0.2, 0.25) is 0 Å². The summed E-state index contributed by atoms with van der Waals surface area (Å²) < 4.78 is 11.7. The second-order valence-electron chi connectivity index (χ2n) is 8.88. The molecule has 34 heavy (non-hydrogen) atoms. The molecule has 5 heteroatoms. The van der Waals surface area contributed by atoms with Crippen LogP contribution < -0.4 is 9.47 Å². The fraction of sp³-hybridized carbons (Fsp3) is 0.345. The minimum absolute atomic E-state index is 0.251. The molecule has 0 aliphatic heterocycles. The number of ether oxygens (including phenoxy) is 2. The maximum absolute atomic E-state index is 11.0. The van der Waals surface area contributed by atoms with Crippen LogP contribution >= 0.6 is 0 Å². The SMILES string of the molecule is CCC(C)c1cc(-c2ccc(OCCN(C)C)c(Cc3ccccc3)c2)ccc1OCC(=O)O. The van der Waals surface area contributed by atoms with Crippen LogP contribution in [0.15, 0.2) is 66.7 Å². The molecular formula is C29H35NO4. The summed E-state index contributed by atoms with van der Waals surface area (Å²) in [4.78, 5) is 13.1. The Morgan fingerprint density at radius 3 is 2.26 bits per heavy atom. The average molecular weight is 462 g/mol. The number of hydrogen-bond acceptors (Lipinski definition) is 4. The second kappa shape index (κ2) is 12.2. The van der Waals surface area contributed by atoms with E-state index in [-0.39, 0.29) is 12.5 Å². The molecule has 3 rings (SSSR count). The Labute approximate surface area is 203 Å². The lowest BCUT2D eigenvalue weighted by atomic mass is 9.92. The summed E-state index contributed by atoms with van der Waals surface area (Å²) >= 11 is 0. The first-order valence-electron chi connectivity index (χ1n) is 11.8. The molecule has 0 fully saturated rings. The largest absolute Gasteiger partial charge is 0.492 e. The van der Waals surface area contributed by atoms with Crippen molar-refractivity contribution in [2.45, 2.75) is 32.6 Å². The minimum atomic E-state index is -0.977. The summed E-state index contributed by atoms with van der Waals surface area (Å²) in [6, 6.07) is 22.8. The Morgan fingerprint density at radius 1 is 0.941 bits per heavy atom. The Bertz CT molecular complexity index is 1080. The smallest absolute Gasteiger partial charge is 0.341 e. The quantitative estimate of drug-likeness (QED) is 0.366. The van der Waals surface area contributed by atoms with E-state index in [0.29, 0.717) is 12.4 Å². The van der Waals surface area contributed by atoms with Gasteiger partial charge in [0.15, 0.2) is 6.61 Å². The zero-order valence-corrected chi connectivity index (χ0v) is 20.6. The number of likely N-dealkylation sites (N-methyl/N-ethyl adjacent to an activating group) is 1. The molecule has 0 aromatic heterocycles. The summed E-state index contributed by atoms with van der Waals surface area (Å²) in [6.45, 7) is 5.39. The van der Waals surface area contributed by atoms with Gasteiger partial charge in [0, 0.05) is 13.0 Å². The van der Waals surface area contributed by atoms with Crippen LogP contribution in [0.4, 0.5) is 0 Å². The molecule has 1 atom stereocenters. The van der Waals surface area contributed by atoms with E-state index in [0.717, 1.165) is 47.4 Å². The zero-order chi connectivity index (χ0) is 24.5. The molecule has 0 amide bonds. The molecule has 0 spiro atoms. The highest BCUT2D eigenvalue weighted by Crippen LogP contribution is 2.35. The van der Waals surface area contributed by atoms with E-state index in [2.05, 4.69) is 67.3 Å². The lowest BCUT2D eigenvalue weighted by molar-refractivity contribution is -0.139. The van der Waals surface area contributed by atoms with Gasteiger partial charge in [-0.25, -0.2) is 4.79 Å². The first-order valence-corrected chi connectivity index (χ1v) is 11.8. The number of nitrogens with zero attached hydrogens (tertiary/aromatic N) is 1. The number of hydrogen-bond donors (Lipinski definition) is 1. The van der Waals surface area contributed by atoms with Gasteiger partial charge in [-0.2, -0.15) is 0 Å². The monoisotopic (exact) mass is 461 g/mol. The molecule has 0 saturated heterocycles. The molecule has 3 aromatic rings. The molecule has 0 radical (unpaired) electrons. The van der Waals surface area contributed by atoms with Crippen LogP contribution in [-0.2, 0) is 11.2 Å². The first-order chi connectivity index (χ1) is 16.4. The van der Waals surface area contributed by atoms with Crippen LogP contribution in [0.1, 0.15) is 42.9 Å². The van der Waals surface area contributed by atoms with Crippen molar-refractivity contribution in [3.63, 3.8) is 0 Å². The lowest BCUT2D eigenvalue weighted by Crippen LogP contribution is -2.19. The van der Waals surface area contributed by atoms with E-state index in [9.17, 15) is 4.79 Å². The molecule has 1 unspecified atom stereocenters. The van der Waals surface area contributed by atoms with Gasteiger partial charge in [0.1, 0.15) is 18.1 Å². The van der Waals surface area contributed by atoms with Gasteiger partial charge in [0.05, 0.1) is 0 Å². The molecule has 5 nitrogen and oxygen atoms in total. The van der Waals surface area contributed by atoms with Gasteiger partial charge in [-0.3, -0.25) is 0 Å². The van der Waals surface area contributed by atoms with Crippen LogP contribution in [0.25, 0.3) is 11.1 Å². The highest BCUT2D eigenvalue weighted by atomic mass is 16.5. The van der Waals surface area contributed by atoms with Crippen molar-refractivity contribution in [2.24, 2.45) is 0 Å². The number of benzene rings is 3. The standard InChI is InChI=1S/C29H35NO4/c1-5-21(2)26-19-24(12-14-28(26)34-20-29(31)32)23-11-13-27(33-16-15-30(3)4)25(18-23)17-22-9-7-6-8-10-22/h6-14,18-19,21H,5,15-17,20H2,1-4H3,(H,31,32). The topological polar surface area (TPSA) is 59.0 Å². The highest BCUT2D eigenvalue weighted by Gasteiger charge is 2.15. The third-order valence-electron chi connectivity index (χ3n) is 5.93. The average Bonchev–Trinajstić information content (AvgIpc) is 2.83. The third-order valence-corrected chi connectivity index (χ3v) is 5.93. The van der Waals surface area contributed by atoms with E-state index < -0.39 is 5.97 Å². The van der Waals surface area contributed by atoms with Crippen molar-refractivity contribution in [1.29, 1.82) is 0 Å². The van der Waals surface area contributed by atoms with Crippen molar-refractivity contribution >= 4 is 5.97 Å². The molecule has 1 N–H and O–H groups in total. The number of aliphatic carboxylic acids is 1. The zero-order valence-electron chi connectivity index (χ0n) is 20.6. The van der Waals surface area contributed by atoms with Crippen molar-refractivity contribution in [3.05, 3.63) is 83.4 Å². The number of carboxylic acids is 1. The van der Waals surface area contributed by atoms with Gasteiger partial charge in [-0.15, -0.1) is 0 Å². The predicted molar refractivity (Wildman–Crippen MR) is 137 cm³/mol. The summed E-state index contributed by atoms with van der Waals surface area (Å²) in [5.74, 6) is 0.808. The molecule has 0 heterocycles. The molecule has 0 aliphatic carbocycles. The van der Waals surface area contributed by atoms with Crippen molar-refractivity contribution in [2.75, 3.05) is 33.9 Å². The van der Waals surface area contributed by atoms with Crippen molar-refractivity contribution in [3.8, 4) is 22.6 Å². The van der Waals surface area contributed by atoms with Gasteiger partial charge in [-0.1, -0.05) is 56.3 Å². The van der Waals surface area contributed by atoms with Crippen LogP contribution in [-0.4, -0.2) is 49.8 Å². The third kappa shape index (κ3) is 7.09. The number of rotatable bonds is 12. The van der Waals surface area contributed by atoms with Gasteiger partial charge >= 0.3 is 5.97 Å². The van der Waals surface area contributed by atoms with Crippen molar-refractivity contribution < 1.29 is 19.4 Å². The number of carbonyl (C=O) groups is 1.